The number of Topliss-reactive ketones (excluding diaryl/α,β-unsaturated/α-hetero) is 1. The summed E-state index contributed by atoms with van der Waals surface area (Å²) in [6.45, 7) is 2.21. The number of epoxide rings is 1. The van der Waals surface area contributed by atoms with Crippen LogP contribution in [0.2, 0.25) is 0 Å². The summed E-state index contributed by atoms with van der Waals surface area (Å²) in [5, 5.41) is 0. The summed E-state index contributed by atoms with van der Waals surface area (Å²) in [4.78, 5) is 22.3. The van der Waals surface area contributed by atoms with Crippen molar-refractivity contribution in [3.05, 3.63) is 0 Å². The predicted molar refractivity (Wildman–Crippen MR) is 70.1 cm³/mol. The molecule has 104 valence electrons. The molecule has 0 aromatic heterocycles. The first-order valence-electron chi connectivity index (χ1n) is 7.14. The summed E-state index contributed by atoms with van der Waals surface area (Å²) >= 11 is 0. The Kier molecular flexibility index (Phi) is 6.94. The van der Waals surface area contributed by atoms with Crippen LogP contribution in [0.4, 0.5) is 0 Å². The Morgan fingerprint density at radius 3 is 2.00 bits per heavy atom. The fourth-order valence-corrected chi connectivity index (χ4v) is 2.15. The SMILES string of the molecule is CCCCCCCCCCC(=O)[C@H]1O[C@H]1C(N)=O. The summed E-state index contributed by atoms with van der Waals surface area (Å²) in [6, 6.07) is 0. The third kappa shape index (κ3) is 5.63. The van der Waals surface area contributed by atoms with Crippen LogP contribution in [0.1, 0.15) is 64.7 Å². The van der Waals surface area contributed by atoms with Gasteiger partial charge in [0.05, 0.1) is 0 Å². The van der Waals surface area contributed by atoms with E-state index in [2.05, 4.69) is 6.92 Å². The third-order valence-corrected chi connectivity index (χ3v) is 3.37. The van der Waals surface area contributed by atoms with Crippen molar-refractivity contribution in [1.82, 2.24) is 0 Å². The molecule has 1 aliphatic rings. The Balaban J connectivity index is 1.89. The highest BCUT2D eigenvalue weighted by molar-refractivity contribution is 5.95. The fraction of sp³-hybridized carbons (Fsp3) is 0.857. The number of unbranched alkanes of at least 4 members (excludes halogenated alkanes) is 7. The van der Waals surface area contributed by atoms with Crippen molar-refractivity contribution < 1.29 is 14.3 Å². The number of ether oxygens (including phenoxy) is 1. The summed E-state index contributed by atoms with van der Waals surface area (Å²) < 4.78 is 4.94. The van der Waals surface area contributed by atoms with Crippen molar-refractivity contribution in [2.75, 3.05) is 0 Å². The van der Waals surface area contributed by atoms with E-state index in [0.717, 1.165) is 12.8 Å². The van der Waals surface area contributed by atoms with Crippen LogP contribution >= 0.6 is 0 Å². The molecule has 0 bridgehead atoms. The second-order valence-corrected chi connectivity index (χ2v) is 5.07. The lowest BCUT2D eigenvalue weighted by Gasteiger charge is -2.00. The topological polar surface area (TPSA) is 72.7 Å². The van der Waals surface area contributed by atoms with Gasteiger partial charge in [0.25, 0.3) is 0 Å². The molecule has 0 unspecified atom stereocenters. The molecule has 0 spiro atoms. The van der Waals surface area contributed by atoms with Crippen LogP contribution < -0.4 is 5.73 Å². The lowest BCUT2D eigenvalue weighted by Crippen LogP contribution is -2.22. The predicted octanol–water partition coefficient (Wildman–Crippen LogP) is 2.34. The first-order valence-corrected chi connectivity index (χ1v) is 7.14. The van der Waals surface area contributed by atoms with Crippen LogP contribution in [0.5, 0.6) is 0 Å². The van der Waals surface area contributed by atoms with Crippen LogP contribution in [0.25, 0.3) is 0 Å². The van der Waals surface area contributed by atoms with Gasteiger partial charge in [0.2, 0.25) is 5.91 Å². The molecule has 1 rings (SSSR count). The molecule has 2 N–H and O–H groups in total. The number of hydrogen-bond donors (Lipinski definition) is 1. The van der Waals surface area contributed by atoms with Crippen LogP contribution in [0.15, 0.2) is 0 Å². The minimum absolute atomic E-state index is 0.0322. The molecular formula is C14H25NO3. The second-order valence-electron chi connectivity index (χ2n) is 5.07. The number of hydrogen-bond acceptors (Lipinski definition) is 3. The molecule has 2 atom stereocenters. The summed E-state index contributed by atoms with van der Waals surface area (Å²) in [5.41, 5.74) is 5.04. The molecule has 1 heterocycles. The highest BCUT2D eigenvalue weighted by atomic mass is 16.6. The molecule has 0 aromatic rings. The van der Waals surface area contributed by atoms with E-state index < -0.39 is 18.1 Å². The monoisotopic (exact) mass is 255 g/mol. The first-order chi connectivity index (χ1) is 8.66. The Morgan fingerprint density at radius 1 is 0.944 bits per heavy atom. The van der Waals surface area contributed by atoms with Crippen molar-refractivity contribution in [3.63, 3.8) is 0 Å². The largest absolute Gasteiger partial charge is 0.367 e. The van der Waals surface area contributed by atoms with Gasteiger partial charge in [0.15, 0.2) is 18.0 Å². The quantitative estimate of drug-likeness (QED) is 0.455. The van der Waals surface area contributed by atoms with Crippen molar-refractivity contribution in [3.8, 4) is 0 Å². The molecule has 1 fully saturated rings. The second kappa shape index (κ2) is 8.25. The van der Waals surface area contributed by atoms with Crippen LogP contribution in [-0.2, 0) is 14.3 Å². The Morgan fingerprint density at radius 2 is 1.50 bits per heavy atom. The summed E-state index contributed by atoms with van der Waals surface area (Å²) in [7, 11) is 0. The van der Waals surface area contributed by atoms with Gasteiger partial charge >= 0.3 is 0 Å². The maximum Gasteiger partial charge on any atom is 0.249 e. The molecule has 0 saturated carbocycles. The standard InChI is InChI=1S/C14H25NO3/c1-2-3-4-5-6-7-8-9-10-11(16)12-13(18-12)14(15)17/h12-13H,2-10H2,1H3,(H2,15,17)/t12-,13-/m1/s1. The minimum atomic E-state index is -0.647. The lowest BCUT2D eigenvalue weighted by atomic mass is 10.0. The third-order valence-electron chi connectivity index (χ3n) is 3.37. The van der Waals surface area contributed by atoms with Crippen LogP contribution in [-0.4, -0.2) is 23.9 Å². The zero-order valence-corrected chi connectivity index (χ0v) is 11.3. The average molecular weight is 255 g/mol. The number of ketones is 1. The van der Waals surface area contributed by atoms with E-state index in [1.165, 1.54) is 38.5 Å². The van der Waals surface area contributed by atoms with E-state index in [1.54, 1.807) is 0 Å². The van der Waals surface area contributed by atoms with E-state index in [0.29, 0.717) is 6.42 Å². The molecular weight excluding hydrogens is 230 g/mol. The van der Waals surface area contributed by atoms with Gasteiger partial charge < -0.3 is 10.5 Å². The van der Waals surface area contributed by atoms with Crippen LogP contribution in [0.3, 0.4) is 0 Å². The van der Waals surface area contributed by atoms with Gasteiger partial charge in [-0.15, -0.1) is 0 Å². The Hall–Kier alpha value is -0.900. The van der Waals surface area contributed by atoms with Crippen molar-refractivity contribution in [2.45, 2.75) is 76.9 Å². The number of nitrogens with two attached hydrogens (primary N) is 1. The molecule has 18 heavy (non-hydrogen) atoms. The highest BCUT2D eigenvalue weighted by Crippen LogP contribution is 2.24. The van der Waals surface area contributed by atoms with Gasteiger partial charge in [-0.3, -0.25) is 9.59 Å². The maximum atomic E-state index is 11.6. The van der Waals surface area contributed by atoms with Crippen molar-refractivity contribution >= 4 is 11.7 Å². The number of carbonyl (C=O) groups is 2. The normalized spacial score (nSPS) is 21.8. The molecule has 4 nitrogen and oxygen atoms in total. The van der Waals surface area contributed by atoms with E-state index in [4.69, 9.17) is 10.5 Å². The van der Waals surface area contributed by atoms with Gasteiger partial charge in [0, 0.05) is 6.42 Å². The van der Waals surface area contributed by atoms with Gasteiger partial charge in [-0.1, -0.05) is 51.9 Å². The fourth-order valence-electron chi connectivity index (χ4n) is 2.15. The smallest absolute Gasteiger partial charge is 0.249 e. The molecule has 0 aromatic carbocycles. The minimum Gasteiger partial charge on any atom is -0.367 e. The van der Waals surface area contributed by atoms with Gasteiger partial charge in [-0.25, -0.2) is 0 Å². The van der Waals surface area contributed by atoms with Gasteiger partial charge in [-0.05, 0) is 6.42 Å². The number of amides is 1. The lowest BCUT2D eigenvalue weighted by molar-refractivity contribution is -0.121. The Labute approximate surface area is 109 Å². The van der Waals surface area contributed by atoms with Crippen molar-refractivity contribution in [1.29, 1.82) is 0 Å². The summed E-state index contributed by atoms with van der Waals surface area (Å²) in [6.07, 6.45) is 9.01. The van der Waals surface area contributed by atoms with Gasteiger partial charge in [-0.2, -0.15) is 0 Å². The molecule has 4 heteroatoms. The van der Waals surface area contributed by atoms with E-state index in [1.807, 2.05) is 0 Å². The first kappa shape index (κ1) is 15.2. The number of carbonyl (C=O) groups excluding carboxylic acids is 2. The maximum absolute atomic E-state index is 11.6. The van der Waals surface area contributed by atoms with Crippen molar-refractivity contribution in [2.24, 2.45) is 5.73 Å². The van der Waals surface area contributed by atoms with E-state index in [9.17, 15) is 9.59 Å². The number of rotatable bonds is 11. The van der Waals surface area contributed by atoms with Gasteiger partial charge in [0.1, 0.15) is 0 Å². The summed E-state index contributed by atoms with van der Waals surface area (Å²) in [5.74, 6) is -0.492. The van der Waals surface area contributed by atoms with E-state index >= 15 is 0 Å². The molecule has 1 aliphatic heterocycles. The van der Waals surface area contributed by atoms with E-state index in [-0.39, 0.29) is 5.78 Å². The zero-order valence-electron chi connectivity index (χ0n) is 11.3. The Bertz CT molecular complexity index is 278. The molecule has 0 aliphatic carbocycles. The molecule has 0 radical (unpaired) electrons. The number of primary amides is 1. The molecule has 1 amide bonds. The van der Waals surface area contributed by atoms with Crippen LogP contribution in [0, 0.1) is 0 Å². The highest BCUT2D eigenvalue weighted by Gasteiger charge is 2.48. The molecule has 1 saturated heterocycles. The average Bonchev–Trinajstić information content (AvgIpc) is 3.12. The zero-order chi connectivity index (χ0) is 13.4.